The molecule has 1 aromatic heterocycles. The number of phenols is 2. The zero-order valence-electron chi connectivity index (χ0n) is 19.3. The van der Waals surface area contributed by atoms with Gasteiger partial charge in [-0.15, -0.1) is 0 Å². The van der Waals surface area contributed by atoms with E-state index in [9.17, 15) is 15.3 Å². The van der Waals surface area contributed by atoms with Crippen molar-refractivity contribution in [3.63, 3.8) is 0 Å². The number of benzene rings is 2. The van der Waals surface area contributed by atoms with Crippen LogP contribution in [0.25, 0.3) is 22.8 Å². The Labute approximate surface area is 204 Å². The number of phenolic OH excluding ortho intramolecular Hbond substituents is 2. The highest BCUT2D eigenvalue weighted by Gasteiger charge is 2.27. The Balaban J connectivity index is 1.87. The summed E-state index contributed by atoms with van der Waals surface area (Å²) in [6.07, 6.45) is 9.69. The van der Waals surface area contributed by atoms with Gasteiger partial charge in [-0.25, -0.2) is 15.0 Å². The Morgan fingerprint density at radius 2 is 1.49 bits per heavy atom. The Bertz CT molecular complexity index is 1300. The highest BCUT2D eigenvalue weighted by Crippen LogP contribution is 2.34. The monoisotopic (exact) mass is 466 g/mol. The maximum Gasteiger partial charge on any atom is 0.167 e. The van der Waals surface area contributed by atoms with E-state index in [0.717, 1.165) is 11.4 Å². The van der Waals surface area contributed by atoms with Gasteiger partial charge in [-0.05, 0) is 48.6 Å². The van der Waals surface area contributed by atoms with E-state index in [1.165, 1.54) is 0 Å². The van der Waals surface area contributed by atoms with Crippen molar-refractivity contribution >= 4 is 0 Å². The van der Waals surface area contributed by atoms with Gasteiger partial charge in [0.15, 0.2) is 11.6 Å². The molecular formula is C28H26N4O3. The second-order valence-corrected chi connectivity index (χ2v) is 7.93. The Hall–Kier alpha value is -4.49. The van der Waals surface area contributed by atoms with Gasteiger partial charge in [0.2, 0.25) is 0 Å². The van der Waals surface area contributed by atoms with Crippen LogP contribution < -0.4 is 0 Å². The van der Waals surface area contributed by atoms with Gasteiger partial charge >= 0.3 is 0 Å². The number of aromatic nitrogens is 3. The number of hydrogen-bond acceptors (Lipinski definition) is 7. The summed E-state index contributed by atoms with van der Waals surface area (Å²) in [5.41, 5.74) is 2.46. The zero-order chi connectivity index (χ0) is 24.9. The number of hydrogen-bond donors (Lipinski definition) is 3. The minimum absolute atomic E-state index is 0.0122. The smallest absolute Gasteiger partial charge is 0.167 e. The summed E-state index contributed by atoms with van der Waals surface area (Å²) in [5.74, 6) is 0.178. The van der Waals surface area contributed by atoms with E-state index in [-0.39, 0.29) is 23.1 Å². The average Bonchev–Trinajstić information content (AvgIpc) is 2.87. The minimum Gasteiger partial charge on any atom is -0.507 e. The van der Waals surface area contributed by atoms with Crippen LogP contribution in [-0.2, 0) is 0 Å². The lowest BCUT2D eigenvalue weighted by Gasteiger charge is -2.28. The first-order valence-corrected chi connectivity index (χ1v) is 11.0. The van der Waals surface area contributed by atoms with Gasteiger partial charge in [0.05, 0.1) is 23.1 Å². The van der Waals surface area contributed by atoms with Crippen LogP contribution >= 0.6 is 0 Å². The summed E-state index contributed by atoms with van der Waals surface area (Å²) in [6.45, 7) is 7.60. The molecule has 176 valence electrons. The molecule has 0 spiro atoms. The van der Waals surface area contributed by atoms with E-state index in [1.807, 2.05) is 30.2 Å². The number of allylic oxidation sites excluding steroid dienone is 4. The molecule has 4 rings (SSSR count). The third kappa shape index (κ3) is 4.90. The van der Waals surface area contributed by atoms with Crippen molar-refractivity contribution in [1.29, 1.82) is 0 Å². The number of rotatable bonds is 7. The van der Waals surface area contributed by atoms with Gasteiger partial charge in [-0.2, -0.15) is 0 Å². The van der Waals surface area contributed by atoms with Crippen LogP contribution in [0.4, 0.5) is 0 Å². The van der Waals surface area contributed by atoms with E-state index < -0.39 is 12.0 Å². The molecule has 0 amide bonds. The highest BCUT2D eigenvalue weighted by atomic mass is 16.3. The average molecular weight is 467 g/mol. The number of nitrogens with zero attached hydrogens (tertiary/aromatic N) is 4. The minimum atomic E-state index is -0.889. The van der Waals surface area contributed by atoms with Gasteiger partial charge in [0.1, 0.15) is 17.3 Å². The van der Waals surface area contributed by atoms with Gasteiger partial charge in [-0.1, -0.05) is 49.6 Å². The molecule has 0 bridgehead atoms. The molecule has 35 heavy (non-hydrogen) atoms. The van der Waals surface area contributed by atoms with Crippen molar-refractivity contribution in [1.82, 2.24) is 19.9 Å². The quantitative estimate of drug-likeness (QED) is 0.434. The molecule has 0 aliphatic heterocycles. The number of aliphatic hydroxyl groups excluding tert-OH is 1. The van der Waals surface area contributed by atoms with Crippen molar-refractivity contribution in [2.75, 3.05) is 7.05 Å². The first-order valence-electron chi connectivity index (χ1n) is 11.0. The number of aromatic hydroxyl groups is 2. The Kier molecular flexibility index (Phi) is 6.89. The summed E-state index contributed by atoms with van der Waals surface area (Å²) < 4.78 is 0. The molecule has 1 aliphatic carbocycles. The summed E-state index contributed by atoms with van der Waals surface area (Å²) in [6, 6.07) is 13.5. The molecule has 2 aromatic carbocycles. The summed E-state index contributed by atoms with van der Waals surface area (Å²) in [7, 11) is 1.89. The molecule has 2 unspecified atom stereocenters. The molecule has 0 saturated carbocycles. The topological polar surface area (TPSA) is 103 Å². The van der Waals surface area contributed by atoms with Gasteiger partial charge < -0.3 is 20.2 Å². The van der Waals surface area contributed by atoms with Gasteiger partial charge in [-0.3, -0.25) is 0 Å². The number of aliphatic hydroxyl groups is 1. The standard InChI is InChI=1S/C28H26N4O3/c1-4-10-18(5-2)32(3)19-15-16-25(35)22(17-19)28-30-26(20-11-6-8-13-23(20)33)29-27(31-28)21-12-7-9-14-24(21)34/h4-17,22,25,33-35H,1-2H2,3H3/b18-10+. The lowest BCUT2D eigenvalue weighted by Crippen LogP contribution is -2.25. The SMILES string of the molecule is C=C/C=C(\C=C)N(C)C1=CC(c2nc(-c3ccccc3O)nc(-c3ccccc3O)n2)C(O)C=C1. The molecule has 1 aliphatic rings. The molecule has 1 heterocycles. The van der Waals surface area contributed by atoms with E-state index in [4.69, 9.17) is 0 Å². The van der Waals surface area contributed by atoms with Gasteiger partial charge in [0.25, 0.3) is 0 Å². The fourth-order valence-corrected chi connectivity index (χ4v) is 3.80. The first-order chi connectivity index (χ1) is 16.9. The molecule has 3 N–H and O–H groups in total. The van der Waals surface area contributed by atoms with Crippen molar-refractivity contribution in [2.24, 2.45) is 0 Å². The van der Waals surface area contributed by atoms with Crippen LogP contribution in [0.15, 0.2) is 110 Å². The van der Waals surface area contributed by atoms with Crippen molar-refractivity contribution in [3.05, 3.63) is 115 Å². The Morgan fingerprint density at radius 1 is 0.914 bits per heavy atom. The summed E-state index contributed by atoms with van der Waals surface area (Å²) in [5, 5.41) is 31.7. The molecule has 3 aromatic rings. The third-order valence-corrected chi connectivity index (χ3v) is 5.70. The predicted molar refractivity (Wildman–Crippen MR) is 136 cm³/mol. The maximum absolute atomic E-state index is 10.9. The number of likely N-dealkylation sites (N-methyl/N-ethyl adjacent to an activating group) is 1. The molecule has 0 radical (unpaired) electrons. The van der Waals surface area contributed by atoms with E-state index in [0.29, 0.717) is 17.0 Å². The molecule has 2 atom stereocenters. The predicted octanol–water partition coefficient (Wildman–Crippen LogP) is 4.70. The first kappa shape index (κ1) is 23.7. The van der Waals surface area contributed by atoms with Crippen LogP contribution in [0.2, 0.25) is 0 Å². The highest BCUT2D eigenvalue weighted by molar-refractivity contribution is 5.68. The van der Waals surface area contributed by atoms with E-state index >= 15 is 0 Å². The molecule has 7 nitrogen and oxygen atoms in total. The largest absolute Gasteiger partial charge is 0.507 e. The molecular weight excluding hydrogens is 440 g/mol. The number of para-hydroxylation sites is 2. The lowest BCUT2D eigenvalue weighted by molar-refractivity contribution is 0.200. The lowest BCUT2D eigenvalue weighted by atomic mass is 9.94. The second-order valence-electron chi connectivity index (χ2n) is 7.93. The molecule has 7 heteroatoms. The van der Waals surface area contributed by atoms with Crippen LogP contribution in [0.5, 0.6) is 11.5 Å². The van der Waals surface area contributed by atoms with Crippen LogP contribution in [0.3, 0.4) is 0 Å². The molecule has 0 fully saturated rings. The molecule has 0 saturated heterocycles. The van der Waals surface area contributed by atoms with E-state index in [2.05, 4.69) is 28.1 Å². The maximum atomic E-state index is 10.9. The van der Waals surface area contributed by atoms with Crippen LogP contribution in [0.1, 0.15) is 11.7 Å². The van der Waals surface area contributed by atoms with Crippen molar-refractivity contribution in [2.45, 2.75) is 12.0 Å². The Morgan fingerprint density at radius 3 is 2.00 bits per heavy atom. The second kappa shape index (κ2) is 10.2. The fourth-order valence-electron chi connectivity index (χ4n) is 3.80. The fraction of sp³-hybridized carbons (Fsp3) is 0.107. The summed E-state index contributed by atoms with van der Waals surface area (Å²) in [4.78, 5) is 15.7. The van der Waals surface area contributed by atoms with Crippen molar-refractivity contribution < 1.29 is 15.3 Å². The normalized spacial score (nSPS) is 17.5. The van der Waals surface area contributed by atoms with Crippen molar-refractivity contribution in [3.8, 4) is 34.3 Å². The summed E-state index contributed by atoms with van der Waals surface area (Å²) >= 11 is 0. The van der Waals surface area contributed by atoms with E-state index in [1.54, 1.807) is 66.8 Å². The van der Waals surface area contributed by atoms with Crippen LogP contribution in [0, 0.1) is 0 Å². The van der Waals surface area contributed by atoms with Crippen LogP contribution in [-0.4, -0.2) is 48.3 Å². The third-order valence-electron chi connectivity index (χ3n) is 5.70. The zero-order valence-corrected chi connectivity index (χ0v) is 19.3. The van der Waals surface area contributed by atoms with Gasteiger partial charge in [0, 0.05) is 18.4 Å².